The van der Waals surface area contributed by atoms with Crippen molar-refractivity contribution in [3.8, 4) is 0 Å². The highest BCUT2D eigenvalue weighted by Crippen LogP contribution is 2.29. The molecule has 7 nitrogen and oxygen atoms in total. The van der Waals surface area contributed by atoms with Crippen LogP contribution in [0.3, 0.4) is 0 Å². The van der Waals surface area contributed by atoms with E-state index < -0.39 is 0 Å². The van der Waals surface area contributed by atoms with E-state index in [2.05, 4.69) is 36.1 Å². The number of carbonyl (C=O) groups excluding carboxylic acids is 2. The molecule has 0 saturated carbocycles. The number of thiophene rings is 1. The molecule has 1 aromatic carbocycles. The standard InChI is InChI=1S/C29H36N4O3S/c1-20-8-10-22-17-23(28(30-25(22)16-20)32-13-3-6-24(34)19-32)18-33(29(36)26-11-9-21(2)37-26)15-5-14-31-12-4-7-27(31)35/h8-11,16-17,24,34H,3-7,12-15,18-19H2,1-2H3/t24-/m0/s1. The molecular formula is C29H36N4O3S. The first kappa shape index (κ1) is 25.7. The monoisotopic (exact) mass is 520 g/mol. The summed E-state index contributed by atoms with van der Waals surface area (Å²) in [5.41, 5.74) is 3.07. The van der Waals surface area contributed by atoms with E-state index in [1.165, 1.54) is 11.3 Å². The summed E-state index contributed by atoms with van der Waals surface area (Å²) < 4.78 is 0. The average Bonchev–Trinajstić information content (AvgIpc) is 3.50. The number of hydrogen-bond acceptors (Lipinski definition) is 6. The van der Waals surface area contributed by atoms with Gasteiger partial charge in [-0.3, -0.25) is 9.59 Å². The van der Waals surface area contributed by atoms with Crippen molar-refractivity contribution >= 4 is 39.9 Å². The number of aliphatic hydroxyl groups is 1. The Labute approximate surface area is 222 Å². The van der Waals surface area contributed by atoms with Crippen LogP contribution in [0.25, 0.3) is 10.9 Å². The highest BCUT2D eigenvalue weighted by Gasteiger charge is 2.26. The van der Waals surface area contributed by atoms with Gasteiger partial charge >= 0.3 is 0 Å². The van der Waals surface area contributed by atoms with Gasteiger partial charge in [0.25, 0.3) is 5.91 Å². The van der Waals surface area contributed by atoms with Crippen LogP contribution in [0.4, 0.5) is 5.82 Å². The van der Waals surface area contributed by atoms with Crippen LogP contribution in [0, 0.1) is 13.8 Å². The number of aryl methyl sites for hydroxylation is 2. The summed E-state index contributed by atoms with van der Waals surface area (Å²) in [6, 6.07) is 12.3. The molecule has 2 saturated heterocycles. The van der Waals surface area contributed by atoms with E-state index in [-0.39, 0.29) is 17.9 Å². The summed E-state index contributed by atoms with van der Waals surface area (Å²) in [5.74, 6) is 1.08. The van der Waals surface area contributed by atoms with Crippen molar-refractivity contribution in [2.24, 2.45) is 0 Å². The minimum Gasteiger partial charge on any atom is -0.391 e. The molecule has 5 rings (SSSR count). The fourth-order valence-corrected chi connectivity index (χ4v) is 6.24. The number of likely N-dealkylation sites (tertiary alicyclic amines) is 1. The molecule has 2 aromatic heterocycles. The number of nitrogens with zero attached hydrogens (tertiary/aromatic N) is 4. The first-order valence-electron chi connectivity index (χ1n) is 13.3. The van der Waals surface area contributed by atoms with E-state index in [0.29, 0.717) is 32.6 Å². The summed E-state index contributed by atoms with van der Waals surface area (Å²) in [6.45, 7) is 7.94. The maximum atomic E-state index is 13.7. The Morgan fingerprint density at radius 2 is 2.03 bits per heavy atom. The predicted molar refractivity (Wildman–Crippen MR) is 148 cm³/mol. The number of aromatic nitrogens is 1. The lowest BCUT2D eigenvalue weighted by Crippen LogP contribution is -2.40. The number of carbonyl (C=O) groups is 2. The van der Waals surface area contributed by atoms with Gasteiger partial charge in [0.15, 0.2) is 0 Å². The van der Waals surface area contributed by atoms with Gasteiger partial charge in [-0.1, -0.05) is 12.1 Å². The normalized spacial score (nSPS) is 18.1. The van der Waals surface area contributed by atoms with Crippen LogP contribution in [0.15, 0.2) is 36.4 Å². The number of piperidine rings is 1. The molecule has 2 aliphatic heterocycles. The molecule has 2 fully saturated rings. The second-order valence-corrected chi connectivity index (χ2v) is 11.7. The lowest BCUT2D eigenvalue weighted by Gasteiger charge is -2.33. The molecule has 0 radical (unpaired) electrons. The third-order valence-corrected chi connectivity index (χ3v) is 8.34. The van der Waals surface area contributed by atoms with E-state index in [1.807, 2.05) is 28.9 Å². The smallest absolute Gasteiger partial charge is 0.264 e. The van der Waals surface area contributed by atoms with Crippen molar-refractivity contribution in [2.45, 2.75) is 58.6 Å². The molecule has 0 bridgehead atoms. The molecule has 4 heterocycles. The highest BCUT2D eigenvalue weighted by atomic mass is 32.1. The number of benzene rings is 1. The summed E-state index contributed by atoms with van der Waals surface area (Å²) in [5, 5.41) is 11.4. The summed E-state index contributed by atoms with van der Waals surface area (Å²) in [6.07, 6.45) is 3.62. The van der Waals surface area contributed by atoms with Crippen molar-refractivity contribution < 1.29 is 14.7 Å². The molecule has 37 heavy (non-hydrogen) atoms. The molecule has 2 aliphatic rings. The molecule has 0 unspecified atom stereocenters. The zero-order chi connectivity index (χ0) is 25.9. The third kappa shape index (κ3) is 5.96. The van der Waals surface area contributed by atoms with E-state index in [1.54, 1.807) is 0 Å². The van der Waals surface area contributed by atoms with Crippen LogP contribution in [0.1, 0.15) is 57.8 Å². The SMILES string of the molecule is Cc1ccc2cc(CN(CCCN3CCCC3=O)C(=O)c3ccc(C)s3)c(N3CCC[C@H](O)C3)nc2c1. The van der Waals surface area contributed by atoms with Crippen LogP contribution in [-0.2, 0) is 11.3 Å². The first-order chi connectivity index (χ1) is 17.9. The molecular weight excluding hydrogens is 484 g/mol. The Morgan fingerprint density at radius 3 is 2.76 bits per heavy atom. The Hall–Kier alpha value is -2.97. The maximum Gasteiger partial charge on any atom is 0.264 e. The minimum absolute atomic E-state index is 0.0134. The lowest BCUT2D eigenvalue weighted by molar-refractivity contribution is -0.127. The second kappa shape index (κ2) is 11.2. The third-order valence-electron chi connectivity index (χ3n) is 7.35. The summed E-state index contributed by atoms with van der Waals surface area (Å²) in [7, 11) is 0. The van der Waals surface area contributed by atoms with Gasteiger partial charge < -0.3 is 19.8 Å². The number of amides is 2. The maximum absolute atomic E-state index is 13.7. The van der Waals surface area contributed by atoms with Crippen LogP contribution in [-0.4, -0.2) is 70.5 Å². The van der Waals surface area contributed by atoms with Crippen molar-refractivity contribution in [2.75, 3.05) is 37.6 Å². The van der Waals surface area contributed by atoms with Crippen LogP contribution in [0.2, 0.25) is 0 Å². The van der Waals surface area contributed by atoms with Gasteiger partial charge in [-0.2, -0.15) is 0 Å². The van der Waals surface area contributed by atoms with Gasteiger partial charge in [-0.25, -0.2) is 4.98 Å². The minimum atomic E-state index is -0.374. The first-order valence-corrected chi connectivity index (χ1v) is 14.2. The topological polar surface area (TPSA) is 77.0 Å². The van der Waals surface area contributed by atoms with Crippen molar-refractivity contribution in [3.63, 3.8) is 0 Å². The van der Waals surface area contributed by atoms with E-state index in [4.69, 9.17) is 4.98 Å². The Bertz CT molecular complexity index is 1290. The average molecular weight is 521 g/mol. The number of β-amino-alcohol motifs (C(OH)–C–C–N with tert-alkyl or cyclic N) is 1. The largest absolute Gasteiger partial charge is 0.391 e. The van der Waals surface area contributed by atoms with Crippen molar-refractivity contribution in [1.29, 1.82) is 0 Å². The molecule has 1 atom stereocenters. The number of hydrogen-bond donors (Lipinski definition) is 1. The second-order valence-electron chi connectivity index (χ2n) is 10.4. The fraction of sp³-hybridized carbons (Fsp3) is 0.483. The predicted octanol–water partition coefficient (Wildman–Crippen LogP) is 4.53. The Kier molecular flexibility index (Phi) is 7.76. The van der Waals surface area contributed by atoms with Gasteiger partial charge in [-0.05, 0) is 69.4 Å². The van der Waals surface area contributed by atoms with E-state index >= 15 is 0 Å². The van der Waals surface area contributed by atoms with Crippen LogP contribution >= 0.6 is 11.3 Å². The summed E-state index contributed by atoms with van der Waals surface area (Å²) in [4.78, 5) is 38.7. The van der Waals surface area contributed by atoms with Gasteiger partial charge in [0, 0.05) is 61.5 Å². The number of aliphatic hydroxyl groups excluding tert-OH is 1. The molecule has 0 spiro atoms. The number of fused-ring (bicyclic) bond motifs is 1. The zero-order valence-corrected chi connectivity index (χ0v) is 22.6. The molecule has 3 aromatic rings. The number of rotatable bonds is 8. The molecule has 2 amide bonds. The molecule has 8 heteroatoms. The number of anilines is 1. The van der Waals surface area contributed by atoms with Crippen LogP contribution in [0.5, 0.6) is 0 Å². The van der Waals surface area contributed by atoms with Crippen molar-refractivity contribution in [1.82, 2.24) is 14.8 Å². The molecule has 0 aliphatic carbocycles. The van der Waals surface area contributed by atoms with Gasteiger partial charge in [0.05, 0.1) is 16.5 Å². The van der Waals surface area contributed by atoms with Gasteiger partial charge in [-0.15, -0.1) is 11.3 Å². The summed E-state index contributed by atoms with van der Waals surface area (Å²) >= 11 is 1.52. The van der Waals surface area contributed by atoms with Crippen LogP contribution < -0.4 is 4.90 Å². The van der Waals surface area contributed by atoms with E-state index in [9.17, 15) is 14.7 Å². The van der Waals surface area contributed by atoms with Gasteiger partial charge in [0.1, 0.15) is 5.82 Å². The van der Waals surface area contributed by atoms with E-state index in [0.717, 1.165) is 76.4 Å². The lowest BCUT2D eigenvalue weighted by atomic mass is 10.1. The van der Waals surface area contributed by atoms with Crippen molar-refractivity contribution in [3.05, 3.63) is 57.3 Å². The molecule has 196 valence electrons. The Balaban J connectivity index is 1.46. The zero-order valence-electron chi connectivity index (χ0n) is 21.8. The highest BCUT2D eigenvalue weighted by molar-refractivity contribution is 7.13. The van der Waals surface area contributed by atoms with Gasteiger partial charge in [0.2, 0.25) is 5.91 Å². The fourth-order valence-electron chi connectivity index (χ4n) is 5.40. The number of pyridine rings is 1. The Morgan fingerprint density at radius 1 is 1.16 bits per heavy atom. The quantitative estimate of drug-likeness (QED) is 0.472. The molecule has 1 N–H and O–H groups in total.